The van der Waals surface area contributed by atoms with Crippen LogP contribution in [-0.2, 0) is 21.2 Å². The van der Waals surface area contributed by atoms with E-state index in [0.29, 0.717) is 13.1 Å². The number of sulfone groups is 1. The number of hydrogen-bond acceptors (Lipinski definition) is 3. The molecule has 30 heavy (non-hydrogen) atoms. The van der Waals surface area contributed by atoms with Crippen molar-refractivity contribution in [3.63, 3.8) is 0 Å². The van der Waals surface area contributed by atoms with Gasteiger partial charge in [0.25, 0.3) is 5.91 Å². The summed E-state index contributed by atoms with van der Waals surface area (Å²) in [5.41, 5.74) is 3.58. The highest BCUT2D eigenvalue weighted by Crippen LogP contribution is 2.19. The van der Waals surface area contributed by atoms with E-state index in [4.69, 9.17) is 0 Å². The molecule has 2 atom stereocenters. The van der Waals surface area contributed by atoms with Crippen LogP contribution in [0.1, 0.15) is 17.5 Å². The summed E-state index contributed by atoms with van der Waals surface area (Å²) in [5, 5.41) is 1.24. The second-order valence-electron chi connectivity index (χ2n) is 7.96. The largest absolute Gasteiger partial charge is 0.326 e. The van der Waals surface area contributed by atoms with Gasteiger partial charge in [0, 0.05) is 18.4 Å². The molecule has 6 heteroatoms. The number of benzene rings is 2. The van der Waals surface area contributed by atoms with Gasteiger partial charge in [-0.3, -0.25) is 4.79 Å². The van der Waals surface area contributed by atoms with Crippen LogP contribution in [0.3, 0.4) is 0 Å². The normalized spacial score (nSPS) is 22.5. The molecular formula is C24H27N2O3S+. The van der Waals surface area contributed by atoms with Gasteiger partial charge in [-0.15, -0.1) is 0 Å². The van der Waals surface area contributed by atoms with Crippen molar-refractivity contribution in [2.24, 2.45) is 0 Å². The summed E-state index contributed by atoms with van der Waals surface area (Å²) >= 11 is 0. The summed E-state index contributed by atoms with van der Waals surface area (Å²) in [6, 6.07) is 19.7. The van der Waals surface area contributed by atoms with Gasteiger partial charge in [0.2, 0.25) is 0 Å². The lowest BCUT2D eigenvalue weighted by Crippen LogP contribution is -3.13. The maximum atomic E-state index is 13.2. The number of rotatable bonds is 6. The second-order valence-corrected chi connectivity index (χ2v) is 9.89. The zero-order valence-corrected chi connectivity index (χ0v) is 17.7. The van der Waals surface area contributed by atoms with Crippen LogP contribution in [0.4, 0.5) is 0 Å². The molecule has 0 saturated heterocycles. The van der Waals surface area contributed by atoms with Crippen molar-refractivity contribution in [3.05, 3.63) is 89.4 Å². The van der Waals surface area contributed by atoms with Crippen LogP contribution in [0.2, 0.25) is 0 Å². The second kappa shape index (κ2) is 8.98. The molecule has 2 aromatic carbocycles. The zero-order valence-electron chi connectivity index (χ0n) is 16.9. The van der Waals surface area contributed by atoms with Crippen LogP contribution in [0, 0.1) is 0 Å². The van der Waals surface area contributed by atoms with E-state index in [1.807, 2.05) is 48.5 Å². The fourth-order valence-electron chi connectivity index (χ4n) is 4.10. The molecule has 0 fully saturated rings. The molecule has 2 aliphatic rings. The predicted octanol–water partition coefficient (Wildman–Crippen LogP) is 1.70. The highest BCUT2D eigenvalue weighted by molar-refractivity contribution is 7.94. The zero-order chi connectivity index (χ0) is 21.0. The van der Waals surface area contributed by atoms with E-state index >= 15 is 0 Å². The number of carbonyl (C=O) groups is 1. The lowest BCUT2D eigenvalue weighted by atomic mass is 9.99. The van der Waals surface area contributed by atoms with Crippen molar-refractivity contribution in [2.75, 3.05) is 25.4 Å². The summed E-state index contributed by atoms with van der Waals surface area (Å²) in [4.78, 5) is 16.2. The topological polar surface area (TPSA) is 58.9 Å². The molecule has 1 N–H and O–H groups in total. The van der Waals surface area contributed by atoms with Gasteiger partial charge in [0.1, 0.15) is 0 Å². The van der Waals surface area contributed by atoms with Gasteiger partial charge in [0.05, 0.1) is 24.9 Å². The van der Waals surface area contributed by atoms with Gasteiger partial charge in [-0.2, -0.15) is 0 Å². The highest BCUT2D eigenvalue weighted by atomic mass is 32.2. The van der Waals surface area contributed by atoms with E-state index in [1.165, 1.54) is 21.4 Å². The fourth-order valence-corrected chi connectivity index (χ4v) is 5.40. The van der Waals surface area contributed by atoms with E-state index in [0.717, 1.165) is 25.1 Å². The lowest BCUT2D eigenvalue weighted by molar-refractivity contribution is -0.887. The molecular weight excluding hydrogens is 396 g/mol. The molecule has 2 aromatic rings. The van der Waals surface area contributed by atoms with Crippen LogP contribution in [0.25, 0.3) is 5.57 Å². The van der Waals surface area contributed by atoms with Crippen molar-refractivity contribution in [1.29, 1.82) is 0 Å². The first-order valence-electron chi connectivity index (χ1n) is 10.3. The Kier molecular flexibility index (Phi) is 6.16. The van der Waals surface area contributed by atoms with E-state index in [9.17, 15) is 13.2 Å². The molecule has 0 saturated carbocycles. The molecule has 1 amide bonds. The number of hydrogen-bond donors (Lipinski definition) is 1. The Morgan fingerprint density at radius 3 is 2.33 bits per heavy atom. The monoisotopic (exact) mass is 423 g/mol. The van der Waals surface area contributed by atoms with Crippen molar-refractivity contribution >= 4 is 21.3 Å². The summed E-state index contributed by atoms with van der Waals surface area (Å²) in [5.74, 6) is -0.0314. The van der Waals surface area contributed by atoms with Crippen molar-refractivity contribution in [3.8, 4) is 0 Å². The van der Waals surface area contributed by atoms with Gasteiger partial charge in [-0.05, 0) is 28.9 Å². The number of amides is 1. The Labute approximate surface area is 178 Å². The van der Waals surface area contributed by atoms with Crippen molar-refractivity contribution in [1.82, 2.24) is 4.90 Å². The van der Waals surface area contributed by atoms with E-state index in [2.05, 4.69) is 18.2 Å². The Hall–Kier alpha value is -2.70. The summed E-state index contributed by atoms with van der Waals surface area (Å²) in [6.07, 6.45) is 4.81. The average Bonchev–Trinajstić information content (AvgIpc) is 3.13. The average molecular weight is 424 g/mol. The third-order valence-electron chi connectivity index (χ3n) is 5.76. The number of quaternary nitrogens is 1. The third-order valence-corrected chi connectivity index (χ3v) is 7.14. The predicted molar refractivity (Wildman–Crippen MR) is 118 cm³/mol. The van der Waals surface area contributed by atoms with Gasteiger partial charge in [0.15, 0.2) is 16.4 Å². The number of nitrogens with one attached hydrogen (secondary N) is 1. The Morgan fingerprint density at radius 1 is 1.03 bits per heavy atom. The van der Waals surface area contributed by atoms with Gasteiger partial charge in [-0.25, -0.2) is 8.42 Å². The van der Waals surface area contributed by atoms with Crippen LogP contribution >= 0.6 is 0 Å². The van der Waals surface area contributed by atoms with Crippen LogP contribution in [0.15, 0.2) is 78.2 Å². The Morgan fingerprint density at radius 2 is 1.73 bits per heavy atom. The molecule has 156 valence electrons. The molecule has 1 unspecified atom stereocenters. The first-order valence-corrected chi connectivity index (χ1v) is 12.0. The quantitative estimate of drug-likeness (QED) is 0.770. The molecule has 0 aromatic heterocycles. The first kappa shape index (κ1) is 20.6. The van der Waals surface area contributed by atoms with Crippen LogP contribution in [0.5, 0.6) is 0 Å². The smallest absolute Gasteiger partial charge is 0.278 e. The molecule has 4 rings (SSSR count). The first-order chi connectivity index (χ1) is 14.5. The molecule has 0 radical (unpaired) electrons. The fraction of sp³-hybridized carbons (Fsp3) is 0.292. The minimum atomic E-state index is -3.23. The molecule has 2 aliphatic heterocycles. The van der Waals surface area contributed by atoms with Crippen LogP contribution in [-0.4, -0.2) is 50.7 Å². The molecule has 0 aliphatic carbocycles. The minimum absolute atomic E-state index is 0.00263. The van der Waals surface area contributed by atoms with Crippen molar-refractivity contribution in [2.45, 2.75) is 19.0 Å². The molecule has 5 nitrogen and oxygen atoms in total. The lowest BCUT2D eigenvalue weighted by Gasteiger charge is -2.30. The summed E-state index contributed by atoms with van der Waals surface area (Å²) < 4.78 is 23.9. The molecule has 2 heterocycles. The van der Waals surface area contributed by atoms with Crippen molar-refractivity contribution < 1.29 is 18.1 Å². The number of nitrogens with zero attached hydrogens (tertiary/aromatic N) is 1. The van der Waals surface area contributed by atoms with E-state index in [1.54, 1.807) is 11.0 Å². The number of carbonyl (C=O) groups excluding carboxylic acids is 1. The van der Waals surface area contributed by atoms with Gasteiger partial charge >= 0.3 is 0 Å². The molecule has 0 bridgehead atoms. The third kappa shape index (κ3) is 5.07. The molecule has 0 spiro atoms. The summed E-state index contributed by atoms with van der Waals surface area (Å²) in [6.45, 7) is 2.48. The minimum Gasteiger partial charge on any atom is -0.326 e. The highest BCUT2D eigenvalue weighted by Gasteiger charge is 2.32. The van der Waals surface area contributed by atoms with Gasteiger partial charge < -0.3 is 9.80 Å². The van der Waals surface area contributed by atoms with E-state index < -0.39 is 15.9 Å². The van der Waals surface area contributed by atoms with Crippen LogP contribution < -0.4 is 4.90 Å². The standard InChI is InChI=1S/C24H26N2O3S/c27-24(18-25-14-11-22(12-15-25)21-9-5-2-6-10-21)26(17-20-7-3-1-4-8-20)23-13-16-30(28,29)19-23/h1-11,13,16,23H,12,14-15,17-19H2/p+1/t23-/m1/s1. The van der Waals surface area contributed by atoms with Gasteiger partial charge in [-0.1, -0.05) is 60.7 Å². The maximum absolute atomic E-state index is 13.2. The maximum Gasteiger partial charge on any atom is 0.278 e. The Bertz CT molecular complexity index is 1050. The summed E-state index contributed by atoms with van der Waals surface area (Å²) in [7, 11) is -3.23. The Balaban J connectivity index is 1.44. The van der Waals surface area contributed by atoms with E-state index in [-0.39, 0.29) is 11.7 Å². The SMILES string of the molecule is O=C(C[NH+]1CC=C(c2ccccc2)CC1)N(Cc1ccccc1)[C@@H]1C=CS(=O)(=O)C1.